The molecule has 0 saturated heterocycles. The molecule has 0 atom stereocenters. The second-order valence-corrected chi connectivity index (χ2v) is 8.01. The van der Waals surface area contributed by atoms with Gasteiger partial charge in [0, 0.05) is 17.2 Å². The molecule has 0 radical (unpaired) electrons. The van der Waals surface area contributed by atoms with Gasteiger partial charge in [-0.15, -0.1) is 0 Å². The Hall–Kier alpha value is -2.10. The van der Waals surface area contributed by atoms with Crippen molar-refractivity contribution in [3.8, 4) is 0 Å². The Kier molecular flexibility index (Phi) is 6.63. The molecule has 2 N–H and O–H groups in total. The lowest BCUT2D eigenvalue weighted by Gasteiger charge is -2.11. The first kappa shape index (κ1) is 20.2. The van der Waals surface area contributed by atoms with Gasteiger partial charge in [-0.05, 0) is 42.5 Å². The van der Waals surface area contributed by atoms with E-state index in [1.807, 2.05) is 0 Å². The molecule has 0 bridgehead atoms. The standard InChI is InChI=1S/C16H14BrClN2O5S/c1-19-15(21)9-25-16(22)13-8-12(6-7-14(13)18)26(23,24)20-11-4-2-10(17)3-5-11/h2-8,20H,9H2,1H3,(H,19,21). The van der Waals surface area contributed by atoms with E-state index in [0.29, 0.717) is 5.69 Å². The van der Waals surface area contributed by atoms with Crippen molar-refractivity contribution in [3.63, 3.8) is 0 Å². The average molecular weight is 462 g/mol. The van der Waals surface area contributed by atoms with Crippen LogP contribution >= 0.6 is 27.5 Å². The van der Waals surface area contributed by atoms with Crippen LogP contribution in [0, 0.1) is 0 Å². The van der Waals surface area contributed by atoms with Crippen molar-refractivity contribution in [1.82, 2.24) is 5.32 Å². The monoisotopic (exact) mass is 460 g/mol. The summed E-state index contributed by atoms with van der Waals surface area (Å²) in [6.07, 6.45) is 0. The summed E-state index contributed by atoms with van der Waals surface area (Å²) >= 11 is 9.21. The van der Waals surface area contributed by atoms with E-state index >= 15 is 0 Å². The van der Waals surface area contributed by atoms with Gasteiger partial charge in [0.25, 0.3) is 15.9 Å². The largest absolute Gasteiger partial charge is 0.452 e. The van der Waals surface area contributed by atoms with Crippen molar-refractivity contribution < 1.29 is 22.7 Å². The summed E-state index contributed by atoms with van der Waals surface area (Å²) in [5.74, 6) is -1.41. The molecule has 0 spiro atoms. The number of hydrogen-bond donors (Lipinski definition) is 2. The molecule has 0 aromatic heterocycles. The summed E-state index contributed by atoms with van der Waals surface area (Å²) in [4.78, 5) is 23.0. The number of likely N-dealkylation sites (N-methyl/N-ethyl adjacent to an activating group) is 1. The number of benzene rings is 2. The number of esters is 1. The minimum atomic E-state index is -3.95. The van der Waals surface area contributed by atoms with Gasteiger partial charge in [-0.2, -0.15) is 0 Å². The number of rotatable bonds is 6. The molecule has 26 heavy (non-hydrogen) atoms. The molecule has 2 aromatic carbocycles. The zero-order chi connectivity index (χ0) is 19.3. The summed E-state index contributed by atoms with van der Waals surface area (Å²) in [6.45, 7) is -0.500. The van der Waals surface area contributed by atoms with E-state index in [1.54, 1.807) is 24.3 Å². The first-order valence-corrected chi connectivity index (χ1v) is 9.84. The Morgan fingerprint density at radius 3 is 2.42 bits per heavy atom. The second-order valence-electron chi connectivity index (χ2n) is 5.00. The third-order valence-electron chi connectivity index (χ3n) is 3.18. The van der Waals surface area contributed by atoms with Crippen molar-refractivity contribution >= 4 is 55.1 Å². The van der Waals surface area contributed by atoms with E-state index in [1.165, 1.54) is 19.2 Å². The lowest BCUT2D eigenvalue weighted by atomic mass is 10.2. The highest BCUT2D eigenvalue weighted by Crippen LogP contribution is 2.24. The van der Waals surface area contributed by atoms with Crippen molar-refractivity contribution in [3.05, 3.63) is 57.5 Å². The lowest BCUT2D eigenvalue weighted by Crippen LogP contribution is -2.25. The van der Waals surface area contributed by atoms with Gasteiger partial charge in [0.1, 0.15) is 0 Å². The Balaban J connectivity index is 2.25. The van der Waals surface area contributed by atoms with Gasteiger partial charge in [-0.25, -0.2) is 13.2 Å². The molecular weight excluding hydrogens is 448 g/mol. The Morgan fingerprint density at radius 2 is 1.81 bits per heavy atom. The van der Waals surface area contributed by atoms with Crippen molar-refractivity contribution in [2.75, 3.05) is 18.4 Å². The normalized spacial score (nSPS) is 10.9. The van der Waals surface area contributed by atoms with Crippen LogP contribution in [0.1, 0.15) is 10.4 Å². The average Bonchev–Trinajstić information content (AvgIpc) is 2.61. The number of sulfonamides is 1. The third-order valence-corrected chi connectivity index (χ3v) is 5.41. The van der Waals surface area contributed by atoms with Gasteiger partial charge in [-0.3, -0.25) is 9.52 Å². The molecule has 0 aliphatic heterocycles. The molecule has 0 saturated carbocycles. The molecule has 0 heterocycles. The molecule has 10 heteroatoms. The molecule has 138 valence electrons. The Labute approximate surface area is 163 Å². The van der Waals surface area contributed by atoms with Crippen LogP contribution in [0.4, 0.5) is 5.69 Å². The second kappa shape index (κ2) is 8.52. The Morgan fingerprint density at radius 1 is 1.15 bits per heavy atom. The summed E-state index contributed by atoms with van der Waals surface area (Å²) in [6, 6.07) is 10.2. The minimum Gasteiger partial charge on any atom is -0.452 e. The molecule has 2 rings (SSSR count). The van der Waals surface area contributed by atoms with Gasteiger partial charge < -0.3 is 10.1 Å². The van der Waals surface area contributed by atoms with E-state index in [-0.39, 0.29) is 15.5 Å². The number of anilines is 1. The molecular formula is C16H14BrClN2O5S. The highest BCUT2D eigenvalue weighted by atomic mass is 79.9. The van der Waals surface area contributed by atoms with Crippen LogP contribution in [-0.4, -0.2) is 33.9 Å². The third kappa shape index (κ3) is 5.20. The predicted octanol–water partition coefficient (Wildman–Crippen LogP) is 2.81. The maximum atomic E-state index is 12.5. The maximum absolute atomic E-state index is 12.5. The fraction of sp³-hybridized carbons (Fsp3) is 0.125. The van der Waals surface area contributed by atoms with Gasteiger partial charge in [0.15, 0.2) is 6.61 Å². The molecule has 1 amide bonds. The first-order valence-electron chi connectivity index (χ1n) is 7.18. The van der Waals surface area contributed by atoms with E-state index in [4.69, 9.17) is 16.3 Å². The summed E-state index contributed by atoms with van der Waals surface area (Å²) < 4.78 is 33.0. The fourth-order valence-electron chi connectivity index (χ4n) is 1.84. The molecule has 7 nitrogen and oxygen atoms in total. The van der Waals surface area contributed by atoms with Crippen LogP contribution in [0.25, 0.3) is 0 Å². The highest BCUT2D eigenvalue weighted by Gasteiger charge is 2.20. The van der Waals surface area contributed by atoms with Crippen molar-refractivity contribution in [1.29, 1.82) is 0 Å². The number of halogens is 2. The van der Waals surface area contributed by atoms with Crippen LogP contribution in [0.5, 0.6) is 0 Å². The van der Waals surface area contributed by atoms with Crippen LogP contribution in [0.2, 0.25) is 5.02 Å². The maximum Gasteiger partial charge on any atom is 0.340 e. The molecule has 0 aliphatic carbocycles. The van der Waals surface area contributed by atoms with Gasteiger partial charge in [-0.1, -0.05) is 27.5 Å². The minimum absolute atomic E-state index is 0.00879. The lowest BCUT2D eigenvalue weighted by molar-refractivity contribution is -0.123. The number of ether oxygens (including phenoxy) is 1. The fourth-order valence-corrected chi connectivity index (χ4v) is 3.38. The van der Waals surface area contributed by atoms with Crippen molar-refractivity contribution in [2.24, 2.45) is 0 Å². The van der Waals surface area contributed by atoms with Crippen molar-refractivity contribution in [2.45, 2.75) is 4.90 Å². The number of nitrogens with one attached hydrogen (secondary N) is 2. The van der Waals surface area contributed by atoms with Crippen LogP contribution in [-0.2, 0) is 19.6 Å². The molecule has 0 aliphatic rings. The van der Waals surface area contributed by atoms with E-state index in [2.05, 4.69) is 26.0 Å². The topological polar surface area (TPSA) is 102 Å². The zero-order valence-electron chi connectivity index (χ0n) is 13.5. The molecule has 2 aromatic rings. The smallest absolute Gasteiger partial charge is 0.340 e. The number of carbonyl (C=O) groups excluding carboxylic acids is 2. The molecule has 0 fully saturated rings. The quantitative estimate of drug-likeness (QED) is 0.644. The predicted molar refractivity (Wildman–Crippen MR) is 101 cm³/mol. The highest BCUT2D eigenvalue weighted by molar-refractivity contribution is 9.10. The summed E-state index contributed by atoms with van der Waals surface area (Å²) in [7, 11) is -2.55. The number of amides is 1. The molecule has 0 unspecified atom stereocenters. The Bertz CT molecular complexity index is 932. The number of carbonyl (C=O) groups is 2. The first-order chi connectivity index (χ1) is 12.2. The van der Waals surface area contributed by atoms with Gasteiger partial charge >= 0.3 is 5.97 Å². The van der Waals surface area contributed by atoms with E-state index in [9.17, 15) is 18.0 Å². The van der Waals surface area contributed by atoms with Crippen LogP contribution in [0.3, 0.4) is 0 Å². The zero-order valence-corrected chi connectivity index (χ0v) is 16.6. The van der Waals surface area contributed by atoms with E-state index < -0.39 is 28.5 Å². The van der Waals surface area contributed by atoms with Crippen LogP contribution < -0.4 is 10.0 Å². The summed E-state index contributed by atoms with van der Waals surface area (Å²) in [5.41, 5.74) is 0.196. The van der Waals surface area contributed by atoms with Gasteiger partial charge in [0.05, 0.1) is 15.5 Å². The van der Waals surface area contributed by atoms with Gasteiger partial charge in [0.2, 0.25) is 0 Å². The number of hydrogen-bond acceptors (Lipinski definition) is 5. The van der Waals surface area contributed by atoms with E-state index in [0.717, 1.165) is 10.5 Å². The van der Waals surface area contributed by atoms with Crippen LogP contribution in [0.15, 0.2) is 51.8 Å². The summed E-state index contributed by atoms with van der Waals surface area (Å²) in [5, 5.41) is 2.30. The SMILES string of the molecule is CNC(=O)COC(=O)c1cc(S(=O)(=O)Nc2ccc(Br)cc2)ccc1Cl.